The quantitative estimate of drug-likeness (QED) is 0.403. The Morgan fingerprint density at radius 2 is 1.88 bits per heavy atom. The van der Waals surface area contributed by atoms with Gasteiger partial charge in [0, 0.05) is 11.3 Å². The van der Waals surface area contributed by atoms with Crippen LogP contribution in [0.15, 0.2) is 39.9 Å². The van der Waals surface area contributed by atoms with Crippen LogP contribution in [0.1, 0.15) is 33.1 Å². The smallest absolute Gasteiger partial charge is 0.357 e. The number of rotatable bonds is 9. The minimum atomic E-state index is -0.638. The summed E-state index contributed by atoms with van der Waals surface area (Å²) in [6.07, 6.45) is 1.97. The molecule has 1 aromatic carbocycles. The third kappa shape index (κ3) is 6.54. The number of benzene rings is 1. The van der Waals surface area contributed by atoms with E-state index in [0.29, 0.717) is 6.42 Å². The van der Waals surface area contributed by atoms with Crippen LogP contribution in [0.5, 0.6) is 5.75 Å². The molecule has 3 N–H and O–H groups in total. The van der Waals surface area contributed by atoms with Crippen molar-refractivity contribution < 1.29 is 19.1 Å². The molecule has 0 radical (unpaired) electrons. The number of nitrogens with two attached hydrogens (primary N) is 1. The topological polar surface area (TPSA) is 90.7 Å². The minimum absolute atomic E-state index is 0.0150. The summed E-state index contributed by atoms with van der Waals surface area (Å²) >= 11 is 1.18. The molecule has 0 aliphatic carbocycles. The van der Waals surface area contributed by atoms with Gasteiger partial charge in [-0.05, 0) is 37.6 Å². The average molecular weight is 352 g/mol. The van der Waals surface area contributed by atoms with Gasteiger partial charge in [0.1, 0.15) is 10.8 Å². The van der Waals surface area contributed by atoms with E-state index in [1.54, 1.807) is 26.2 Å². The lowest BCUT2D eigenvalue weighted by Crippen LogP contribution is -2.30. The van der Waals surface area contributed by atoms with Crippen LogP contribution in [0.3, 0.4) is 0 Å². The number of thioether (sulfide) groups is 1. The highest BCUT2D eigenvalue weighted by molar-refractivity contribution is 8.03. The molecule has 0 aliphatic rings. The van der Waals surface area contributed by atoms with Gasteiger partial charge in [0.05, 0.1) is 13.7 Å². The largest absolute Gasteiger partial charge is 0.497 e. The Kier molecular flexibility index (Phi) is 8.78. The SMILES string of the molecule is CCCCC(=O)NC(C(=O)OCC)=C(N)Sc1ccc(OC)cc1. The highest BCUT2D eigenvalue weighted by Gasteiger charge is 2.18. The Balaban J connectivity index is 2.93. The maximum atomic E-state index is 12.1. The van der Waals surface area contributed by atoms with Crippen LogP contribution in [0.4, 0.5) is 0 Å². The summed E-state index contributed by atoms with van der Waals surface area (Å²) in [4.78, 5) is 24.8. The number of nitrogens with one attached hydrogen (secondary N) is 1. The highest BCUT2D eigenvalue weighted by atomic mass is 32.2. The van der Waals surface area contributed by atoms with E-state index in [1.807, 2.05) is 19.1 Å². The van der Waals surface area contributed by atoms with E-state index < -0.39 is 5.97 Å². The number of amides is 1. The molecule has 1 rings (SSSR count). The zero-order valence-corrected chi connectivity index (χ0v) is 15.1. The number of methoxy groups -OCH3 is 1. The van der Waals surface area contributed by atoms with E-state index in [1.165, 1.54) is 11.8 Å². The molecule has 7 heteroatoms. The van der Waals surface area contributed by atoms with E-state index in [4.69, 9.17) is 15.2 Å². The van der Waals surface area contributed by atoms with Crippen molar-refractivity contribution in [3.8, 4) is 5.75 Å². The molecule has 0 aromatic heterocycles. The summed E-state index contributed by atoms with van der Waals surface area (Å²) in [6.45, 7) is 3.89. The zero-order chi connectivity index (χ0) is 17.9. The highest BCUT2D eigenvalue weighted by Crippen LogP contribution is 2.27. The lowest BCUT2D eigenvalue weighted by molar-refractivity contribution is -0.140. The molecule has 132 valence electrons. The molecule has 0 bridgehead atoms. The average Bonchev–Trinajstić information content (AvgIpc) is 2.58. The fourth-order valence-electron chi connectivity index (χ4n) is 1.78. The predicted octanol–water partition coefficient (Wildman–Crippen LogP) is 2.78. The van der Waals surface area contributed by atoms with Gasteiger partial charge in [-0.1, -0.05) is 25.1 Å². The van der Waals surface area contributed by atoms with Gasteiger partial charge in [0.15, 0.2) is 5.70 Å². The number of ether oxygens (including phenoxy) is 2. The fourth-order valence-corrected chi connectivity index (χ4v) is 2.54. The van der Waals surface area contributed by atoms with Crippen LogP contribution in [0.25, 0.3) is 0 Å². The van der Waals surface area contributed by atoms with Crippen LogP contribution < -0.4 is 15.8 Å². The Morgan fingerprint density at radius 1 is 1.21 bits per heavy atom. The van der Waals surface area contributed by atoms with Gasteiger partial charge in [0.25, 0.3) is 0 Å². The van der Waals surface area contributed by atoms with Gasteiger partial charge in [0.2, 0.25) is 5.91 Å². The van der Waals surface area contributed by atoms with Crippen molar-refractivity contribution in [1.29, 1.82) is 0 Å². The molecule has 0 heterocycles. The molecule has 1 amide bonds. The molecule has 0 aliphatic heterocycles. The first-order chi connectivity index (χ1) is 11.5. The second-order valence-electron chi connectivity index (χ2n) is 4.89. The Hall–Kier alpha value is -2.15. The second kappa shape index (κ2) is 10.6. The van der Waals surface area contributed by atoms with Crippen molar-refractivity contribution in [2.75, 3.05) is 13.7 Å². The molecule has 0 fully saturated rings. The van der Waals surface area contributed by atoms with Gasteiger partial charge in [-0.3, -0.25) is 4.79 Å². The van der Waals surface area contributed by atoms with Gasteiger partial charge in [-0.2, -0.15) is 0 Å². The standard InChI is InChI=1S/C17H24N2O4S/c1-4-6-7-14(20)19-15(17(21)23-5-2)16(18)24-13-10-8-12(22-3)9-11-13/h8-11H,4-7,18H2,1-3H3,(H,19,20). The van der Waals surface area contributed by atoms with E-state index in [9.17, 15) is 9.59 Å². The van der Waals surface area contributed by atoms with Gasteiger partial charge in [-0.15, -0.1) is 0 Å². The van der Waals surface area contributed by atoms with Crippen molar-refractivity contribution in [1.82, 2.24) is 5.32 Å². The molecule has 1 aromatic rings. The van der Waals surface area contributed by atoms with Crippen molar-refractivity contribution in [2.45, 2.75) is 38.0 Å². The predicted molar refractivity (Wildman–Crippen MR) is 94.4 cm³/mol. The zero-order valence-electron chi connectivity index (χ0n) is 14.3. The number of hydrogen-bond acceptors (Lipinski definition) is 6. The molecule has 0 unspecified atom stereocenters. The third-order valence-electron chi connectivity index (χ3n) is 3.04. The van der Waals surface area contributed by atoms with Crippen LogP contribution in [-0.2, 0) is 14.3 Å². The minimum Gasteiger partial charge on any atom is -0.497 e. The summed E-state index contributed by atoms with van der Waals surface area (Å²) in [5.41, 5.74) is 6.01. The van der Waals surface area contributed by atoms with Crippen molar-refractivity contribution in [3.05, 3.63) is 35.0 Å². The monoisotopic (exact) mass is 352 g/mol. The van der Waals surface area contributed by atoms with Gasteiger partial charge >= 0.3 is 5.97 Å². The number of esters is 1. The summed E-state index contributed by atoms with van der Waals surface area (Å²) in [5, 5.41) is 2.76. The van der Waals surface area contributed by atoms with E-state index in [0.717, 1.165) is 23.5 Å². The third-order valence-corrected chi connectivity index (χ3v) is 3.97. The van der Waals surface area contributed by atoms with Crippen LogP contribution in [0, 0.1) is 0 Å². The number of hydrogen-bond donors (Lipinski definition) is 2. The second-order valence-corrected chi connectivity index (χ2v) is 6.00. The van der Waals surface area contributed by atoms with Crippen LogP contribution in [-0.4, -0.2) is 25.6 Å². The molecule has 0 atom stereocenters. The maximum Gasteiger partial charge on any atom is 0.357 e. The van der Waals surface area contributed by atoms with Gasteiger partial charge in [-0.25, -0.2) is 4.79 Å². The Morgan fingerprint density at radius 3 is 2.42 bits per heavy atom. The number of carbonyl (C=O) groups excluding carboxylic acids is 2. The molecule has 6 nitrogen and oxygen atoms in total. The van der Waals surface area contributed by atoms with E-state index >= 15 is 0 Å². The van der Waals surface area contributed by atoms with Crippen molar-refractivity contribution in [2.24, 2.45) is 5.73 Å². The first kappa shape index (κ1) is 19.9. The van der Waals surface area contributed by atoms with Gasteiger partial charge < -0.3 is 20.5 Å². The normalized spacial score (nSPS) is 11.5. The summed E-state index contributed by atoms with van der Waals surface area (Å²) in [7, 11) is 1.58. The fraction of sp³-hybridized carbons (Fsp3) is 0.412. The molecule has 0 saturated carbocycles. The summed E-state index contributed by atoms with van der Waals surface area (Å²) in [5.74, 6) is -0.167. The first-order valence-corrected chi connectivity index (χ1v) is 8.62. The maximum absolute atomic E-state index is 12.1. The molecule has 0 spiro atoms. The summed E-state index contributed by atoms with van der Waals surface area (Å²) in [6, 6.07) is 7.22. The molecule has 0 saturated heterocycles. The molecular formula is C17H24N2O4S. The van der Waals surface area contributed by atoms with E-state index in [2.05, 4.69) is 5.32 Å². The summed E-state index contributed by atoms with van der Waals surface area (Å²) < 4.78 is 10.1. The molecule has 24 heavy (non-hydrogen) atoms. The van der Waals surface area contributed by atoms with Crippen molar-refractivity contribution in [3.63, 3.8) is 0 Å². The Labute approximate surface area is 146 Å². The lowest BCUT2D eigenvalue weighted by Gasteiger charge is -2.12. The lowest BCUT2D eigenvalue weighted by atomic mass is 10.2. The van der Waals surface area contributed by atoms with E-state index in [-0.39, 0.29) is 23.2 Å². The Bertz CT molecular complexity index is 585. The molecular weight excluding hydrogens is 328 g/mol. The number of unbranched alkanes of at least 4 members (excludes halogenated alkanes) is 1. The van der Waals surface area contributed by atoms with Crippen molar-refractivity contribution >= 4 is 23.6 Å². The first-order valence-electron chi connectivity index (χ1n) is 7.80. The van der Waals surface area contributed by atoms with Crippen LogP contribution in [0.2, 0.25) is 0 Å². The van der Waals surface area contributed by atoms with Crippen LogP contribution >= 0.6 is 11.8 Å². The number of carbonyl (C=O) groups is 2.